The highest BCUT2D eigenvalue weighted by Gasteiger charge is 2.61. The summed E-state index contributed by atoms with van der Waals surface area (Å²) < 4.78 is 84.2. The number of fused-ring (bicyclic) bond motifs is 1. The number of anilines is 1. The first-order valence-corrected chi connectivity index (χ1v) is 13.1. The number of aromatic nitrogens is 2. The van der Waals surface area contributed by atoms with Crippen molar-refractivity contribution in [1.82, 2.24) is 14.7 Å². The Morgan fingerprint density at radius 3 is 2.66 bits per heavy atom. The molecule has 2 aromatic heterocycles. The zero-order valence-corrected chi connectivity index (χ0v) is 21.5. The number of hydrogen-bond donors (Lipinski definition) is 4. The van der Waals surface area contributed by atoms with E-state index in [9.17, 15) is 26.9 Å². The fourth-order valence-corrected chi connectivity index (χ4v) is 7.83. The van der Waals surface area contributed by atoms with E-state index in [1.807, 2.05) is 0 Å². The lowest BCUT2D eigenvalue weighted by Gasteiger charge is -2.55. The van der Waals surface area contributed by atoms with Crippen LogP contribution in [-0.4, -0.2) is 61.8 Å². The van der Waals surface area contributed by atoms with Crippen molar-refractivity contribution in [2.24, 2.45) is 10.7 Å². The van der Waals surface area contributed by atoms with Gasteiger partial charge in [0.05, 0.1) is 16.2 Å². The fraction of sp³-hybridized carbons (Fsp3) is 0.478. The van der Waals surface area contributed by atoms with Gasteiger partial charge in [0.15, 0.2) is 6.61 Å². The maximum atomic E-state index is 15.1. The van der Waals surface area contributed by atoms with Gasteiger partial charge < -0.3 is 20.3 Å². The van der Waals surface area contributed by atoms with Gasteiger partial charge in [-0.25, -0.2) is 23.1 Å². The Bertz CT molecular complexity index is 1260. The summed E-state index contributed by atoms with van der Waals surface area (Å²) in [6.07, 6.45) is -2.46. The quantitative estimate of drug-likeness (QED) is 0.374. The average Bonchev–Trinajstić information content (AvgIpc) is 3.28. The number of carbonyl (C=O) groups is 1. The first-order valence-electron chi connectivity index (χ1n) is 11.5. The molecule has 0 aliphatic carbocycles. The largest absolute Gasteiger partial charge is 0.485 e. The van der Waals surface area contributed by atoms with Crippen molar-refractivity contribution in [3.63, 3.8) is 0 Å². The van der Waals surface area contributed by atoms with E-state index in [1.54, 1.807) is 20.8 Å². The fourth-order valence-electron chi connectivity index (χ4n) is 4.48. The molecule has 4 rings (SSSR count). The molecule has 1 fully saturated rings. The second kappa shape index (κ2) is 9.61. The minimum atomic E-state index is -4.34. The monoisotopic (exact) mass is 562 g/mol. The van der Waals surface area contributed by atoms with Crippen LogP contribution in [0.2, 0.25) is 0 Å². The van der Waals surface area contributed by atoms with E-state index in [0.29, 0.717) is 13.0 Å². The SMILES string of the molecule is CC1(C)C(N)=N[C@](C)(c2nc(NC(=O)c3ccc(OCC(F)(F)C(F)F)cn3)ccc2F)[C@@H]2CCNS21O. The Labute approximate surface area is 216 Å². The molecule has 3 atom stereocenters. The number of nitrogens with one attached hydrogen (secondary N) is 2. The van der Waals surface area contributed by atoms with Crippen molar-refractivity contribution in [3.05, 3.63) is 47.7 Å². The van der Waals surface area contributed by atoms with E-state index in [2.05, 4.69) is 29.7 Å². The molecule has 2 aliphatic heterocycles. The second-order valence-corrected chi connectivity index (χ2v) is 12.8. The third kappa shape index (κ3) is 4.66. The summed E-state index contributed by atoms with van der Waals surface area (Å²) in [4.78, 5) is 25.4. The average molecular weight is 563 g/mol. The number of amidine groups is 1. The van der Waals surface area contributed by atoms with E-state index in [1.165, 1.54) is 6.07 Å². The highest BCUT2D eigenvalue weighted by atomic mass is 32.3. The summed E-state index contributed by atoms with van der Waals surface area (Å²) in [5, 5.41) is 1.98. The molecule has 38 heavy (non-hydrogen) atoms. The van der Waals surface area contributed by atoms with Crippen molar-refractivity contribution in [1.29, 1.82) is 0 Å². The first kappa shape index (κ1) is 28.0. The molecule has 0 bridgehead atoms. The molecular weight excluding hydrogens is 535 g/mol. The van der Waals surface area contributed by atoms with Gasteiger partial charge in [-0.1, -0.05) is 10.5 Å². The number of carbonyl (C=O) groups excluding carboxylic acids is 1. The zero-order chi connectivity index (χ0) is 28.1. The molecular formula is C23H27F5N6O3S. The number of aliphatic imine (C=N–C) groups is 1. The van der Waals surface area contributed by atoms with Gasteiger partial charge in [0.2, 0.25) is 0 Å². The van der Waals surface area contributed by atoms with E-state index in [-0.39, 0.29) is 28.8 Å². The molecule has 1 amide bonds. The van der Waals surface area contributed by atoms with Crippen molar-refractivity contribution in [3.8, 4) is 5.75 Å². The Morgan fingerprint density at radius 1 is 1.32 bits per heavy atom. The molecule has 0 saturated carbocycles. The summed E-state index contributed by atoms with van der Waals surface area (Å²) in [6.45, 7) is 4.12. The van der Waals surface area contributed by atoms with Gasteiger partial charge >= 0.3 is 12.3 Å². The number of nitrogens with two attached hydrogens (primary N) is 1. The summed E-state index contributed by atoms with van der Waals surface area (Å²) in [7, 11) is -2.56. The van der Waals surface area contributed by atoms with Crippen LogP contribution in [0.25, 0.3) is 0 Å². The number of ether oxygens (including phenoxy) is 1. The molecule has 208 valence electrons. The molecule has 1 saturated heterocycles. The number of halogens is 5. The van der Waals surface area contributed by atoms with E-state index in [4.69, 9.17) is 5.73 Å². The third-order valence-corrected chi connectivity index (χ3v) is 10.7. The number of hydrogen-bond acceptors (Lipinski definition) is 8. The third-order valence-electron chi connectivity index (χ3n) is 6.80. The molecule has 5 N–H and O–H groups in total. The summed E-state index contributed by atoms with van der Waals surface area (Å²) in [5.41, 5.74) is 4.64. The van der Waals surface area contributed by atoms with Crippen molar-refractivity contribution in [2.45, 2.75) is 55.1 Å². The Morgan fingerprint density at radius 2 is 2.03 bits per heavy atom. The lowest BCUT2D eigenvalue weighted by atomic mass is 9.90. The Balaban J connectivity index is 1.55. The summed E-state index contributed by atoms with van der Waals surface area (Å²) in [6, 6.07) is 4.60. The number of alkyl halides is 4. The van der Waals surface area contributed by atoms with Gasteiger partial charge in [-0.3, -0.25) is 14.5 Å². The van der Waals surface area contributed by atoms with Gasteiger partial charge in [0.25, 0.3) is 5.91 Å². The highest BCUT2D eigenvalue weighted by molar-refractivity contribution is 8.29. The summed E-state index contributed by atoms with van der Waals surface area (Å²) >= 11 is 0. The Hall–Kier alpha value is -3.04. The topological polar surface area (TPSA) is 135 Å². The van der Waals surface area contributed by atoms with Gasteiger partial charge in [0.1, 0.15) is 40.1 Å². The van der Waals surface area contributed by atoms with E-state index >= 15 is 4.39 Å². The van der Waals surface area contributed by atoms with Gasteiger partial charge in [0, 0.05) is 6.54 Å². The molecule has 1 unspecified atom stereocenters. The predicted octanol–water partition coefficient (Wildman–Crippen LogP) is 4.07. The molecule has 0 radical (unpaired) electrons. The van der Waals surface area contributed by atoms with Gasteiger partial charge in [-0.05, 0) is 51.5 Å². The summed E-state index contributed by atoms with van der Waals surface area (Å²) in [5.74, 6) is -5.93. The maximum Gasteiger partial charge on any atom is 0.340 e. The van der Waals surface area contributed by atoms with Crippen LogP contribution in [0.3, 0.4) is 0 Å². The van der Waals surface area contributed by atoms with Crippen molar-refractivity contribution in [2.75, 3.05) is 18.5 Å². The predicted molar refractivity (Wildman–Crippen MR) is 133 cm³/mol. The highest BCUT2D eigenvalue weighted by Crippen LogP contribution is 2.67. The van der Waals surface area contributed by atoms with Crippen molar-refractivity contribution < 1.29 is 36.0 Å². The normalized spacial score (nSPS) is 28.3. The zero-order valence-electron chi connectivity index (χ0n) is 20.6. The Kier molecular flexibility index (Phi) is 7.08. The standard InChI is InChI=1S/C23H27F5N6O3S/c1-21(2)20(29)34-22(3,15-8-9-31-38(15,21)36)17-13(24)5-7-16(32-17)33-18(35)14-6-4-12(10-30-14)37-11-23(27,28)19(25)26/h4-7,10,15,19,31,36H,8-9,11H2,1-3H3,(H2,29,34)(H,32,33,35)/t15-,22-/m0/s1. The molecule has 2 aliphatic rings. The van der Waals surface area contributed by atoms with Crippen LogP contribution in [0, 0.1) is 5.82 Å². The number of rotatable bonds is 7. The van der Waals surface area contributed by atoms with Gasteiger partial charge in [-0.2, -0.15) is 8.78 Å². The van der Waals surface area contributed by atoms with Crippen LogP contribution in [0.15, 0.2) is 35.5 Å². The van der Waals surface area contributed by atoms with Crippen LogP contribution < -0.4 is 20.5 Å². The lowest BCUT2D eigenvalue weighted by molar-refractivity contribution is -0.148. The van der Waals surface area contributed by atoms with E-state index < -0.39 is 56.7 Å². The smallest absolute Gasteiger partial charge is 0.340 e. The van der Waals surface area contributed by atoms with Crippen molar-refractivity contribution >= 4 is 28.1 Å². The minimum absolute atomic E-state index is 0.0329. The second-order valence-electron chi connectivity index (χ2n) is 9.66. The first-order chi connectivity index (χ1) is 17.6. The van der Waals surface area contributed by atoms with Crippen LogP contribution in [-0.2, 0) is 5.54 Å². The van der Waals surface area contributed by atoms with Crippen LogP contribution in [0.5, 0.6) is 5.75 Å². The van der Waals surface area contributed by atoms with Gasteiger partial charge in [-0.15, -0.1) is 0 Å². The maximum absolute atomic E-state index is 15.1. The van der Waals surface area contributed by atoms with E-state index in [0.717, 1.165) is 24.4 Å². The van der Waals surface area contributed by atoms with Crippen LogP contribution >= 0.6 is 10.5 Å². The number of nitrogens with zero attached hydrogens (tertiary/aromatic N) is 3. The number of pyridine rings is 2. The van der Waals surface area contributed by atoms with Crippen LogP contribution in [0.1, 0.15) is 43.4 Å². The molecule has 0 spiro atoms. The molecule has 0 aromatic carbocycles. The lowest BCUT2D eigenvalue weighted by Crippen LogP contribution is -2.57. The molecule has 4 heterocycles. The minimum Gasteiger partial charge on any atom is -0.485 e. The molecule has 9 nitrogen and oxygen atoms in total. The molecule has 15 heteroatoms. The van der Waals surface area contributed by atoms with Crippen LogP contribution in [0.4, 0.5) is 27.8 Å². The molecule has 2 aromatic rings. The number of amides is 1.